The Morgan fingerprint density at radius 2 is 1.76 bits per heavy atom. The number of carbonyl (C=O) groups is 2. The highest BCUT2D eigenvalue weighted by Gasteiger charge is 2.41. The standard InChI is InChI=1S/C13H9F3N2O2S/c14-8-3-1-7(2-4-8)13(15,16)12(20)18-11-9(10(17)19)5-6-21-11/h1-6H,(H2,17,19)(H,18,20). The highest BCUT2D eigenvalue weighted by molar-refractivity contribution is 7.14. The predicted molar refractivity (Wildman–Crippen MR) is 71.8 cm³/mol. The van der Waals surface area contributed by atoms with Gasteiger partial charge in [0.05, 0.1) is 5.56 Å². The van der Waals surface area contributed by atoms with E-state index in [9.17, 15) is 22.8 Å². The first kappa shape index (κ1) is 15.0. The van der Waals surface area contributed by atoms with Crippen molar-refractivity contribution in [2.45, 2.75) is 5.92 Å². The van der Waals surface area contributed by atoms with Crippen LogP contribution >= 0.6 is 11.3 Å². The van der Waals surface area contributed by atoms with Crippen molar-refractivity contribution in [3.05, 3.63) is 52.7 Å². The van der Waals surface area contributed by atoms with Gasteiger partial charge in [0.2, 0.25) is 0 Å². The van der Waals surface area contributed by atoms with Gasteiger partial charge in [-0.05, 0) is 35.7 Å². The van der Waals surface area contributed by atoms with Gasteiger partial charge in [-0.3, -0.25) is 9.59 Å². The Kier molecular flexibility index (Phi) is 3.99. The van der Waals surface area contributed by atoms with Crippen molar-refractivity contribution in [1.29, 1.82) is 0 Å². The Morgan fingerprint density at radius 1 is 1.14 bits per heavy atom. The third-order valence-electron chi connectivity index (χ3n) is 2.65. The number of benzene rings is 1. The SMILES string of the molecule is NC(=O)c1ccsc1NC(=O)C(F)(F)c1ccc(F)cc1. The molecule has 8 heteroatoms. The molecule has 0 atom stereocenters. The fourth-order valence-corrected chi connectivity index (χ4v) is 2.36. The summed E-state index contributed by atoms with van der Waals surface area (Å²) in [6.07, 6.45) is 0. The normalized spacial score (nSPS) is 11.2. The number of alkyl halides is 2. The van der Waals surface area contributed by atoms with Gasteiger partial charge in [0.25, 0.3) is 11.8 Å². The van der Waals surface area contributed by atoms with Crippen LogP contribution in [0, 0.1) is 5.82 Å². The average Bonchev–Trinajstić information content (AvgIpc) is 2.87. The van der Waals surface area contributed by atoms with E-state index in [0.29, 0.717) is 0 Å². The second-order valence-electron chi connectivity index (χ2n) is 4.06. The lowest BCUT2D eigenvalue weighted by Gasteiger charge is -2.16. The molecule has 1 aromatic heterocycles. The zero-order valence-corrected chi connectivity index (χ0v) is 11.2. The maximum atomic E-state index is 14.0. The number of nitrogens with one attached hydrogen (secondary N) is 1. The molecular weight excluding hydrogens is 305 g/mol. The summed E-state index contributed by atoms with van der Waals surface area (Å²) in [5, 5.41) is 3.34. The minimum absolute atomic E-state index is 0.0525. The topological polar surface area (TPSA) is 72.2 Å². The van der Waals surface area contributed by atoms with E-state index < -0.39 is 29.1 Å². The van der Waals surface area contributed by atoms with Crippen LogP contribution in [-0.2, 0) is 10.7 Å². The fraction of sp³-hybridized carbons (Fsp3) is 0.0769. The van der Waals surface area contributed by atoms with E-state index in [1.54, 1.807) is 0 Å². The van der Waals surface area contributed by atoms with Crippen LogP contribution in [0.1, 0.15) is 15.9 Å². The van der Waals surface area contributed by atoms with Gasteiger partial charge in [0.1, 0.15) is 10.8 Å². The highest BCUT2D eigenvalue weighted by atomic mass is 32.1. The molecule has 2 amide bonds. The smallest absolute Gasteiger partial charge is 0.350 e. The van der Waals surface area contributed by atoms with E-state index in [1.807, 2.05) is 5.32 Å². The average molecular weight is 314 g/mol. The molecule has 4 nitrogen and oxygen atoms in total. The lowest BCUT2D eigenvalue weighted by molar-refractivity contribution is -0.140. The lowest BCUT2D eigenvalue weighted by Crippen LogP contribution is -2.32. The Bertz CT molecular complexity index is 683. The minimum atomic E-state index is -3.87. The van der Waals surface area contributed by atoms with Crippen molar-refractivity contribution < 1.29 is 22.8 Å². The zero-order valence-electron chi connectivity index (χ0n) is 10.4. The van der Waals surface area contributed by atoms with Crippen molar-refractivity contribution in [2.75, 3.05) is 5.32 Å². The van der Waals surface area contributed by atoms with Crippen molar-refractivity contribution >= 4 is 28.2 Å². The number of rotatable bonds is 4. The molecule has 0 fully saturated rings. The molecule has 0 unspecified atom stereocenters. The summed E-state index contributed by atoms with van der Waals surface area (Å²) in [6, 6.07) is 4.61. The van der Waals surface area contributed by atoms with Gasteiger partial charge in [-0.15, -0.1) is 11.3 Å². The summed E-state index contributed by atoms with van der Waals surface area (Å²) in [5.41, 5.74) is 4.35. The number of primary amides is 1. The first-order valence-corrected chi connectivity index (χ1v) is 6.53. The fourth-order valence-electron chi connectivity index (χ4n) is 1.57. The van der Waals surface area contributed by atoms with Gasteiger partial charge < -0.3 is 11.1 Å². The molecule has 1 heterocycles. The molecule has 21 heavy (non-hydrogen) atoms. The number of thiophene rings is 1. The summed E-state index contributed by atoms with van der Waals surface area (Å²) in [6.45, 7) is 0. The quantitative estimate of drug-likeness (QED) is 0.911. The molecule has 0 saturated heterocycles. The zero-order chi connectivity index (χ0) is 15.6. The summed E-state index contributed by atoms with van der Waals surface area (Å²) >= 11 is 0.894. The summed E-state index contributed by atoms with van der Waals surface area (Å²) in [4.78, 5) is 22.8. The maximum Gasteiger partial charge on any atom is 0.350 e. The molecule has 2 rings (SSSR count). The molecule has 110 valence electrons. The number of amides is 2. The first-order valence-electron chi connectivity index (χ1n) is 5.65. The largest absolute Gasteiger partial charge is 0.366 e. The van der Waals surface area contributed by atoms with E-state index >= 15 is 0 Å². The molecule has 0 spiro atoms. The number of anilines is 1. The molecule has 3 N–H and O–H groups in total. The van der Waals surface area contributed by atoms with E-state index in [1.165, 1.54) is 11.4 Å². The second kappa shape index (κ2) is 5.57. The van der Waals surface area contributed by atoms with E-state index in [4.69, 9.17) is 5.73 Å². The van der Waals surface area contributed by atoms with Crippen molar-refractivity contribution in [2.24, 2.45) is 5.73 Å². The third-order valence-corrected chi connectivity index (χ3v) is 3.48. The summed E-state index contributed by atoms with van der Waals surface area (Å²) in [7, 11) is 0. The highest BCUT2D eigenvalue weighted by Crippen LogP contribution is 2.31. The molecule has 1 aromatic carbocycles. The van der Waals surface area contributed by atoms with Gasteiger partial charge in [-0.25, -0.2) is 4.39 Å². The van der Waals surface area contributed by atoms with Gasteiger partial charge >= 0.3 is 5.92 Å². The number of hydrogen-bond acceptors (Lipinski definition) is 3. The van der Waals surface area contributed by atoms with Crippen molar-refractivity contribution in [1.82, 2.24) is 0 Å². The van der Waals surface area contributed by atoms with E-state index in [-0.39, 0.29) is 10.6 Å². The van der Waals surface area contributed by atoms with Crippen LogP contribution in [-0.4, -0.2) is 11.8 Å². The van der Waals surface area contributed by atoms with Gasteiger partial charge in [-0.2, -0.15) is 8.78 Å². The monoisotopic (exact) mass is 314 g/mol. The summed E-state index contributed by atoms with van der Waals surface area (Å²) in [5.74, 6) is -7.02. The summed E-state index contributed by atoms with van der Waals surface area (Å²) < 4.78 is 40.6. The van der Waals surface area contributed by atoms with E-state index in [2.05, 4.69) is 0 Å². The molecule has 0 radical (unpaired) electrons. The molecule has 2 aromatic rings. The number of hydrogen-bond donors (Lipinski definition) is 2. The Labute approximate surface area is 121 Å². The van der Waals surface area contributed by atoms with E-state index in [0.717, 1.165) is 35.6 Å². The number of carbonyl (C=O) groups excluding carboxylic acids is 2. The molecular formula is C13H9F3N2O2S. The van der Waals surface area contributed by atoms with Gasteiger partial charge in [0, 0.05) is 5.56 Å². The Morgan fingerprint density at radius 3 is 2.33 bits per heavy atom. The van der Waals surface area contributed by atoms with Crippen LogP contribution in [0.25, 0.3) is 0 Å². The number of halogens is 3. The van der Waals surface area contributed by atoms with Crippen molar-refractivity contribution in [3.8, 4) is 0 Å². The Hall–Kier alpha value is -2.35. The lowest BCUT2D eigenvalue weighted by atomic mass is 10.1. The van der Waals surface area contributed by atoms with Crippen LogP contribution in [0.2, 0.25) is 0 Å². The molecule has 0 bridgehead atoms. The van der Waals surface area contributed by atoms with Crippen LogP contribution in [0.3, 0.4) is 0 Å². The molecule has 0 aliphatic carbocycles. The predicted octanol–water partition coefficient (Wildman–Crippen LogP) is 2.72. The third kappa shape index (κ3) is 3.05. The van der Waals surface area contributed by atoms with Crippen LogP contribution < -0.4 is 11.1 Å². The molecule has 0 aliphatic rings. The minimum Gasteiger partial charge on any atom is -0.366 e. The van der Waals surface area contributed by atoms with Crippen LogP contribution in [0.4, 0.5) is 18.2 Å². The first-order chi connectivity index (χ1) is 9.82. The van der Waals surface area contributed by atoms with Gasteiger partial charge in [0.15, 0.2) is 0 Å². The Balaban J connectivity index is 2.24. The number of nitrogens with two attached hydrogens (primary N) is 1. The van der Waals surface area contributed by atoms with Crippen LogP contribution in [0.5, 0.6) is 0 Å². The van der Waals surface area contributed by atoms with Crippen molar-refractivity contribution in [3.63, 3.8) is 0 Å². The second-order valence-corrected chi connectivity index (χ2v) is 4.98. The van der Waals surface area contributed by atoms with Gasteiger partial charge in [-0.1, -0.05) is 0 Å². The molecule has 0 saturated carbocycles. The maximum absolute atomic E-state index is 14.0. The van der Waals surface area contributed by atoms with Crippen LogP contribution in [0.15, 0.2) is 35.7 Å². The molecule has 0 aliphatic heterocycles.